The van der Waals surface area contributed by atoms with Gasteiger partial charge in [-0.15, -0.1) is 0 Å². The van der Waals surface area contributed by atoms with Gasteiger partial charge in [-0.3, -0.25) is 4.90 Å². The number of hydrogen-bond donors (Lipinski definition) is 1. The lowest BCUT2D eigenvalue weighted by Gasteiger charge is -2.24. The standard InChI is InChI=1S/C27H28F5NO4S/c1-18(34)23-12-11-22(15-25(23)38(2,35)36)37-14-4-13-33(16-19-7-9-21(28)10-8-19)17-20-5-3-6-24(26(20)29)27(30,31)32/h3,5-12,15,18,34H,4,13-14,16-17H2,1-2H3. The fraction of sp³-hybridized carbons (Fsp3) is 0.333. The van der Waals surface area contributed by atoms with Gasteiger partial charge in [0.1, 0.15) is 17.4 Å². The second-order valence-corrected chi connectivity index (χ2v) is 10.9. The van der Waals surface area contributed by atoms with Gasteiger partial charge < -0.3 is 9.84 Å². The zero-order chi connectivity index (χ0) is 28.1. The Labute approximate surface area is 218 Å². The molecule has 0 aliphatic carbocycles. The molecule has 0 aromatic heterocycles. The van der Waals surface area contributed by atoms with Gasteiger partial charge in [-0.05, 0) is 54.8 Å². The number of halogens is 5. The molecule has 0 saturated heterocycles. The summed E-state index contributed by atoms with van der Waals surface area (Å²) in [6.07, 6.45) is -4.43. The van der Waals surface area contributed by atoms with Crippen molar-refractivity contribution in [3.05, 3.63) is 94.6 Å². The van der Waals surface area contributed by atoms with Crippen LogP contribution >= 0.6 is 0 Å². The minimum atomic E-state index is -4.83. The molecule has 1 atom stereocenters. The lowest BCUT2D eigenvalue weighted by Crippen LogP contribution is -2.26. The average Bonchev–Trinajstić information content (AvgIpc) is 2.83. The molecule has 11 heteroatoms. The highest BCUT2D eigenvalue weighted by molar-refractivity contribution is 7.90. The summed E-state index contributed by atoms with van der Waals surface area (Å²) in [5, 5.41) is 9.85. The molecule has 0 saturated carbocycles. The smallest absolute Gasteiger partial charge is 0.419 e. The molecule has 0 aliphatic rings. The third kappa shape index (κ3) is 7.99. The van der Waals surface area contributed by atoms with Crippen LogP contribution in [-0.4, -0.2) is 37.8 Å². The summed E-state index contributed by atoms with van der Waals surface area (Å²) in [6.45, 7) is 1.96. The quantitative estimate of drug-likeness (QED) is 0.235. The minimum absolute atomic E-state index is 0.0528. The van der Waals surface area contributed by atoms with Crippen molar-refractivity contribution in [3.63, 3.8) is 0 Å². The van der Waals surface area contributed by atoms with E-state index in [1.807, 2.05) is 0 Å². The van der Waals surface area contributed by atoms with Gasteiger partial charge in [-0.2, -0.15) is 13.2 Å². The summed E-state index contributed by atoms with van der Waals surface area (Å²) >= 11 is 0. The lowest BCUT2D eigenvalue weighted by atomic mass is 10.1. The summed E-state index contributed by atoms with van der Waals surface area (Å²) in [7, 11) is -3.63. The Balaban J connectivity index is 1.73. The molecule has 3 rings (SSSR count). The van der Waals surface area contributed by atoms with Crippen molar-refractivity contribution in [2.75, 3.05) is 19.4 Å². The monoisotopic (exact) mass is 557 g/mol. The Hall–Kier alpha value is -3.02. The van der Waals surface area contributed by atoms with Crippen molar-refractivity contribution < 1.29 is 40.2 Å². The van der Waals surface area contributed by atoms with Gasteiger partial charge in [0, 0.05) is 31.5 Å². The molecule has 3 aromatic carbocycles. The number of sulfone groups is 1. The highest BCUT2D eigenvalue weighted by atomic mass is 32.2. The van der Waals surface area contributed by atoms with Crippen molar-refractivity contribution in [1.82, 2.24) is 4.90 Å². The van der Waals surface area contributed by atoms with Crippen molar-refractivity contribution in [1.29, 1.82) is 0 Å². The lowest BCUT2D eigenvalue weighted by molar-refractivity contribution is -0.140. The topological polar surface area (TPSA) is 66.8 Å². The van der Waals surface area contributed by atoms with Gasteiger partial charge in [0.05, 0.1) is 23.2 Å². The molecule has 0 radical (unpaired) electrons. The highest BCUT2D eigenvalue weighted by Gasteiger charge is 2.35. The molecule has 0 aliphatic heterocycles. The SMILES string of the molecule is CC(O)c1ccc(OCCCN(Cc2ccc(F)cc2)Cc2cccc(C(F)(F)F)c2F)cc1S(C)(=O)=O. The second-order valence-electron chi connectivity index (χ2n) is 8.96. The number of hydrogen-bond acceptors (Lipinski definition) is 5. The molecule has 1 N–H and O–H groups in total. The second kappa shape index (κ2) is 12.2. The fourth-order valence-electron chi connectivity index (χ4n) is 3.97. The summed E-state index contributed by atoms with van der Waals surface area (Å²) < 4.78 is 97.4. The van der Waals surface area contributed by atoms with E-state index in [2.05, 4.69) is 0 Å². The Kier molecular flexibility index (Phi) is 9.50. The van der Waals surface area contributed by atoms with Crippen LogP contribution in [0.15, 0.2) is 65.6 Å². The predicted octanol–water partition coefficient (Wildman–Crippen LogP) is 5.91. The number of benzene rings is 3. The van der Waals surface area contributed by atoms with Crippen LogP contribution in [0.2, 0.25) is 0 Å². The first-order valence-electron chi connectivity index (χ1n) is 11.7. The Morgan fingerprint density at radius 3 is 2.29 bits per heavy atom. The maximum absolute atomic E-state index is 14.7. The van der Waals surface area contributed by atoms with E-state index in [4.69, 9.17) is 4.74 Å². The van der Waals surface area contributed by atoms with E-state index in [0.717, 1.165) is 12.3 Å². The summed E-state index contributed by atoms with van der Waals surface area (Å²) in [6, 6.07) is 13.0. The molecule has 0 heterocycles. The molecule has 0 spiro atoms. The molecule has 38 heavy (non-hydrogen) atoms. The number of aliphatic hydroxyl groups excluding tert-OH is 1. The van der Waals surface area contributed by atoms with E-state index >= 15 is 0 Å². The largest absolute Gasteiger partial charge is 0.494 e. The first kappa shape index (κ1) is 29.5. The number of nitrogens with zero attached hydrogens (tertiary/aromatic N) is 1. The van der Waals surface area contributed by atoms with E-state index < -0.39 is 39.3 Å². The van der Waals surface area contributed by atoms with Crippen LogP contribution in [0.3, 0.4) is 0 Å². The number of ether oxygens (including phenoxy) is 1. The van der Waals surface area contributed by atoms with Gasteiger partial charge in [-0.25, -0.2) is 17.2 Å². The van der Waals surface area contributed by atoms with E-state index in [9.17, 15) is 35.5 Å². The third-order valence-corrected chi connectivity index (χ3v) is 6.97. The van der Waals surface area contributed by atoms with Crippen LogP contribution in [0.25, 0.3) is 0 Å². The third-order valence-electron chi connectivity index (χ3n) is 5.82. The molecule has 0 fully saturated rings. The first-order chi connectivity index (χ1) is 17.8. The van der Waals surface area contributed by atoms with E-state index in [-0.39, 0.29) is 48.0 Å². The summed E-state index contributed by atoms with van der Waals surface area (Å²) in [5.41, 5.74) is -0.545. The zero-order valence-corrected chi connectivity index (χ0v) is 21.6. The molecule has 0 bridgehead atoms. The highest BCUT2D eigenvalue weighted by Crippen LogP contribution is 2.33. The Morgan fingerprint density at radius 1 is 1.00 bits per heavy atom. The van der Waals surface area contributed by atoms with Gasteiger partial charge in [-0.1, -0.05) is 30.3 Å². The van der Waals surface area contributed by atoms with Crippen LogP contribution in [0, 0.1) is 11.6 Å². The Morgan fingerprint density at radius 2 is 1.68 bits per heavy atom. The van der Waals surface area contributed by atoms with Crippen molar-refractivity contribution >= 4 is 9.84 Å². The number of alkyl halides is 3. The zero-order valence-electron chi connectivity index (χ0n) is 20.8. The number of aliphatic hydroxyl groups is 1. The fourth-order valence-corrected chi connectivity index (χ4v) is 4.97. The molecule has 1 unspecified atom stereocenters. The van der Waals surface area contributed by atoms with E-state index in [1.165, 1.54) is 55.5 Å². The van der Waals surface area contributed by atoms with Crippen LogP contribution in [-0.2, 0) is 29.1 Å². The van der Waals surface area contributed by atoms with Gasteiger partial charge in [0.2, 0.25) is 0 Å². The van der Waals surface area contributed by atoms with Crippen LogP contribution in [0.4, 0.5) is 22.0 Å². The predicted molar refractivity (Wildman–Crippen MR) is 132 cm³/mol. The summed E-state index contributed by atoms with van der Waals surface area (Å²) in [4.78, 5) is 1.66. The van der Waals surface area contributed by atoms with Crippen molar-refractivity contribution in [2.45, 2.75) is 43.6 Å². The molecule has 5 nitrogen and oxygen atoms in total. The molecular formula is C27H28F5NO4S. The molecular weight excluding hydrogens is 529 g/mol. The maximum atomic E-state index is 14.7. The Bertz CT molecular complexity index is 1340. The maximum Gasteiger partial charge on any atom is 0.419 e. The van der Waals surface area contributed by atoms with Gasteiger partial charge >= 0.3 is 6.18 Å². The van der Waals surface area contributed by atoms with Crippen molar-refractivity contribution in [2.24, 2.45) is 0 Å². The van der Waals surface area contributed by atoms with Gasteiger partial charge in [0.15, 0.2) is 9.84 Å². The molecule has 0 amide bonds. The molecule has 3 aromatic rings. The van der Waals surface area contributed by atoms with Crippen LogP contribution in [0.1, 0.15) is 41.7 Å². The average molecular weight is 558 g/mol. The molecule has 206 valence electrons. The van der Waals surface area contributed by atoms with Gasteiger partial charge in [0.25, 0.3) is 0 Å². The van der Waals surface area contributed by atoms with Crippen LogP contribution < -0.4 is 4.74 Å². The van der Waals surface area contributed by atoms with E-state index in [0.29, 0.717) is 18.1 Å². The minimum Gasteiger partial charge on any atom is -0.494 e. The number of rotatable bonds is 11. The first-order valence-corrected chi connectivity index (χ1v) is 13.6. The van der Waals surface area contributed by atoms with Crippen molar-refractivity contribution in [3.8, 4) is 5.75 Å². The normalized spacial score (nSPS) is 13.1. The van der Waals surface area contributed by atoms with E-state index in [1.54, 1.807) is 4.90 Å². The summed E-state index contributed by atoms with van der Waals surface area (Å²) in [5.74, 6) is -1.51. The van der Waals surface area contributed by atoms with Crippen LogP contribution in [0.5, 0.6) is 5.75 Å².